The van der Waals surface area contributed by atoms with Crippen molar-refractivity contribution in [1.82, 2.24) is 5.32 Å². The quantitative estimate of drug-likeness (QED) is 0.765. The first-order valence-electron chi connectivity index (χ1n) is 4.84. The molecule has 4 heteroatoms. The zero-order valence-electron chi connectivity index (χ0n) is 9.04. The monoisotopic (exact) mass is 208 g/mol. The number of ether oxygens (including phenoxy) is 1. The summed E-state index contributed by atoms with van der Waals surface area (Å²) in [4.78, 5) is 11.3. The summed E-state index contributed by atoms with van der Waals surface area (Å²) in [5.74, 6) is 0.790. The molecule has 0 radical (unpaired) electrons. The summed E-state index contributed by atoms with van der Waals surface area (Å²) in [6.07, 6.45) is 0.475. The van der Waals surface area contributed by atoms with Crippen molar-refractivity contribution in [1.29, 1.82) is 0 Å². The second-order valence-corrected chi connectivity index (χ2v) is 3.13. The predicted octanol–water partition coefficient (Wildman–Crippen LogP) is 1.24. The SMILES string of the molecule is CNCCC(=O)Nc1ccc(OC)cc1. The lowest BCUT2D eigenvalue weighted by molar-refractivity contribution is -0.116. The molecule has 0 aliphatic heterocycles. The number of anilines is 1. The zero-order chi connectivity index (χ0) is 11.1. The number of carbonyl (C=O) groups excluding carboxylic acids is 1. The molecule has 0 heterocycles. The number of benzene rings is 1. The van der Waals surface area contributed by atoms with Gasteiger partial charge in [-0.05, 0) is 31.3 Å². The topological polar surface area (TPSA) is 50.4 Å². The third kappa shape index (κ3) is 3.99. The summed E-state index contributed by atoms with van der Waals surface area (Å²) in [5.41, 5.74) is 0.789. The van der Waals surface area contributed by atoms with Crippen molar-refractivity contribution in [3.05, 3.63) is 24.3 Å². The van der Waals surface area contributed by atoms with Gasteiger partial charge < -0.3 is 15.4 Å². The van der Waals surface area contributed by atoms with Gasteiger partial charge in [0.2, 0.25) is 5.91 Å². The molecule has 1 rings (SSSR count). The molecule has 0 fully saturated rings. The van der Waals surface area contributed by atoms with Crippen molar-refractivity contribution < 1.29 is 9.53 Å². The second kappa shape index (κ2) is 6.03. The van der Waals surface area contributed by atoms with Crippen LogP contribution in [0.2, 0.25) is 0 Å². The van der Waals surface area contributed by atoms with Crippen LogP contribution in [0, 0.1) is 0 Å². The van der Waals surface area contributed by atoms with E-state index in [2.05, 4.69) is 10.6 Å². The predicted molar refractivity (Wildman–Crippen MR) is 60.2 cm³/mol. The Morgan fingerprint density at radius 1 is 1.33 bits per heavy atom. The molecule has 2 N–H and O–H groups in total. The second-order valence-electron chi connectivity index (χ2n) is 3.13. The maximum absolute atomic E-state index is 11.3. The van der Waals surface area contributed by atoms with E-state index in [1.807, 2.05) is 31.3 Å². The molecule has 1 aromatic rings. The van der Waals surface area contributed by atoms with Gasteiger partial charge in [0.1, 0.15) is 5.75 Å². The highest BCUT2D eigenvalue weighted by Crippen LogP contribution is 2.14. The van der Waals surface area contributed by atoms with Crippen LogP contribution in [-0.4, -0.2) is 26.6 Å². The highest BCUT2D eigenvalue weighted by Gasteiger charge is 2.00. The fourth-order valence-electron chi connectivity index (χ4n) is 1.14. The fourth-order valence-corrected chi connectivity index (χ4v) is 1.14. The average molecular weight is 208 g/mol. The number of methoxy groups -OCH3 is 1. The van der Waals surface area contributed by atoms with Crippen molar-refractivity contribution in [2.75, 3.05) is 26.0 Å². The smallest absolute Gasteiger partial charge is 0.225 e. The number of amides is 1. The largest absolute Gasteiger partial charge is 0.497 e. The van der Waals surface area contributed by atoms with Crippen molar-refractivity contribution in [3.63, 3.8) is 0 Å². The van der Waals surface area contributed by atoms with Crippen molar-refractivity contribution in [3.8, 4) is 5.75 Å². The molecule has 0 unspecified atom stereocenters. The zero-order valence-corrected chi connectivity index (χ0v) is 9.04. The first-order valence-corrected chi connectivity index (χ1v) is 4.84. The maximum Gasteiger partial charge on any atom is 0.225 e. The molecule has 0 saturated heterocycles. The first kappa shape index (κ1) is 11.5. The fraction of sp³-hybridized carbons (Fsp3) is 0.364. The van der Waals surface area contributed by atoms with E-state index in [4.69, 9.17) is 4.74 Å². The van der Waals surface area contributed by atoms with Crippen molar-refractivity contribution >= 4 is 11.6 Å². The van der Waals surface area contributed by atoms with Gasteiger partial charge in [-0.3, -0.25) is 4.79 Å². The highest BCUT2D eigenvalue weighted by atomic mass is 16.5. The summed E-state index contributed by atoms with van der Waals surface area (Å²) in [5, 5.41) is 5.72. The summed E-state index contributed by atoms with van der Waals surface area (Å²) in [6, 6.07) is 7.26. The van der Waals surface area contributed by atoms with Crippen LogP contribution in [0.5, 0.6) is 5.75 Å². The van der Waals surface area contributed by atoms with Crippen molar-refractivity contribution in [2.24, 2.45) is 0 Å². The Balaban J connectivity index is 2.46. The maximum atomic E-state index is 11.3. The van der Waals surface area contributed by atoms with Crippen LogP contribution in [0.4, 0.5) is 5.69 Å². The van der Waals surface area contributed by atoms with Crippen LogP contribution in [0.15, 0.2) is 24.3 Å². The van der Waals surface area contributed by atoms with E-state index >= 15 is 0 Å². The van der Waals surface area contributed by atoms with Gasteiger partial charge in [0, 0.05) is 18.7 Å². The van der Waals surface area contributed by atoms with Gasteiger partial charge in [-0.1, -0.05) is 0 Å². The normalized spacial score (nSPS) is 9.73. The molecule has 0 aromatic heterocycles. The van der Waals surface area contributed by atoms with Gasteiger partial charge in [-0.25, -0.2) is 0 Å². The third-order valence-corrected chi connectivity index (χ3v) is 1.98. The molecule has 82 valence electrons. The van der Waals surface area contributed by atoms with Gasteiger partial charge >= 0.3 is 0 Å². The lowest BCUT2D eigenvalue weighted by atomic mass is 10.3. The molecule has 0 spiro atoms. The van der Waals surface area contributed by atoms with Crippen LogP contribution in [0.25, 0.3) is 0 Å². The molecule has 0 bridgehead atoms. The summed E-state index contributed by atoms with van der Waals surface area (Å²) < 4.78 is 5.02. The number of carbonyl (C=O) groups is 1. The average Bonchev–Trinajstić information content (AvgIpc) is 2.27. The molecular formula is C11H16N2O2. The summed E-state index contributed by atoms with van der Waals surface area (Å²) in [6.45, 7) is 0.683. The minimum Gasteiger partial charge on any atom is -0.497 e. The van der Waals surface area contributed by atoms with Crippen LogP contribution in [0.1, 0.15) is 6.42 Å². The highest BCUT2D eigenvalue weighted by molar-refractivity contribution is 5.90. The van der Waals surface area contributed by atoms with Gasteiger partial charge in [-0.15, -0.1) is 0 Å². The molecule has 0 aliphatic rings. The Morgan fingerprint density at radius 3 is 2.53 bits per heavy atom. The first-order chi connectivity index (χ1) is 7.26. The Bertz CT molecular complexity index is 309. The van der Waals surface area contributed by atoms with Crippen molar-refractivity contribution in [2.45, 2.75) is 6.42 Å². The minimum atomic E-state index is 0.00881. The van der Waals surface area contributed by atoms with E-state index in [0.29, 0.717) is 13.0 Å². The van der Waals surface area contributed by atoms with Crippen LogP contribution >= 0.6 is 0 Å². The molecule has 0 aliphatic carbocycles. The van der Waals surface area contributed by atoms with E-state index < -0.39 is 0 Å². The Hall–Kier alpha value is -1.55. The minimum absolute atomic E-state index is 0.00881. The molecule has 1 aromatic carbocycles. The molecular weight excluding hydrogens is 192 g/mol. The number of hydrogen-bond donors (Lipinski definition) is 2. The van der Waals surface area contributed by atoms with Crippen LogP contribution in [0.3, 0.4) is 0 Å². The Morgan fingerprint density at radius 2 is 2.00 bits per heavy atom. The van der Waals surface area contributed by atoms with Gasteiger partial charge in [0.05, 0.1) is 7.11 Å². The number of rotatable bonds is 5. The molecule has 1 amide bonds. The molecule has 4 nitrogen and oxygen atoms in total. The van der Waals surface area contributed by atoms with E-state index in [1.165, 1.54) is 0 Å². The summed E-state index contributed by atoms with van der Waals surface area (Å²) in [7, 11) is 3.43. The van der Waals surface area contributed by atoms with Gasteiger partial charge in [-0.2, -0.15) is 0 Å². The standard InChI is InChI=1S/C11H16N2O2/c1-12-8-7-11(14)13-9-3-5-10(15-2)6-4-9/h3-6,12H,7-8H2,1-2H3,(H,13,14). The third-order valence-electron chi connectivity index (χ3n) is 1.98. The van der Waals surface area contributed by atoms with Gasteiger partial charge in [0.15, 0.2) is 0 Å². The molecule has 15 heavy (non-hydrogen) atoms. The summed E-state index contributed by atoms with van der Waals surface area (Å²) >= 11 is 0. The molecule has 0 atom stereocenters. The number of hydrogen-bond acceptors (Lipinski definition) is 3. The van der Waals surface area contributed by atoms with E-state index in [1.54, 1.807) is 7.11 Å². The van der Waals surface area contributed by atoms with E-state index in [-0.39, 0.29) is 5.91 Å². The Labute approximate surface area is 89.6 Å². The molecule has 0 saturated carbocycles. The lowest BCUT2D eigenvalue weighted by Gasteiger charge is -2.05. The van der Waals surface area contributed by atoms with E-state index in [9.17, 15) is 4.79 Å². The van der Waals surface area contributed by atoms with Crippen LogP contribution in [-0.2, 0) is 4.79 Å². The number of nitrogens with one attached hydrogen (secondary N) is 2. The Kier molecular flexibility index (Phi) is 4.63. The van der Waals surface area contributed by atoms with Gasteiger partial charge in [0.25, 0.3) is 0 Å². The lowest BCUT2D eigenvalue weighted by Crippen LogP contribution is -2.18. The van der Waals surface area contributed by atoms with E-state index in [0.717, 1.165) is 11.4 Å². The van der Waals surface area contributed by atoms with Crippen LogP contribution < -0.4 is 15.4 Å².